The number of likely N-dealkylation sites (tertiary alicyclic amines) is 1. The third-order valence-corrected chi connectivity index (χ3v) is 9.67. The Labute approximate surface area is 215 Å². The molecule has 3 atom stereocenters. The standard InChI is InChI=1S/C26H35N5O4S/c1-30-12-6-7-17(30)16-31-23-19(15-27-31)24(36-2)29-22(28-23)20(32)18-8-5-10-25(21(18)33)9-3-4-11-26(25)34-13-14-35-26/h15,17-18H,3-14,16H2,1-2H3/t17-,18?,25-/m0/s1. The van der Waals surface area contributed by atoms with Gasteiger partial charge in [0.15, 0.2) is 23.0 Å². The number of carbonyl (C=O) groups is 2. The lowest BCUT2D eigenvalue weighted by molar-refractivity contribution is -0.255. The summed E-state index contributed by atoms with van der Waals surface area (Å²) in [6.07, 6.45) is 11.4. The van der Waals surface area contributed by atoms with Crippen molar-refractivity contribution >= 4 is 34.4 Å². The number of fused-ring (bicyclic) bond motifs is 2. The SMILES string of the molecule is CSc1nc(C(=O)C2CCC[C@@]3(CCCCC34OCCO4)C2=O)nc2c1cnn2C[C@@H]1CCCN1C. The Kier molecular flexibility index (Phi) is 6.42. The molecule has 0 N–H and O–H groups in total. The predicted octanol–water partition coefficient (Wildman–Crippen LogP) is 3.50. The summed E-state index contributed by atoms with van der Waals surface area (Å²) in [7, 11) is 2.14. The summed E-state index contributed by atoms with van der Waals surface area (Å²) < 4.78 is 14.2. The molecule has 6 rings (SSSR count). The molecule has 2 aromatic rings. The molecule has 2 aliphatic carbocycles. The van der Waals surface area contributed by atoms with Crippen molar-refractivity contribution < 1.29 is 19.1 Å². The highest BCUT2D eigenvalue weighted by molar-refractivity contribution is 7.98. The molecule has 2 aliphatic heterocycles. The minimum Gasteiger partial charge on any atom is -0.346 e. The number of Topliss-reactive ketones (excluding diaryl/α,β-unsaturated/α-hetero) is 2. The molecule has 0 radical (unpaired) electrons. The number of hydrogen-bond donors (Lipinski definition) is 0. The third-order valence-electron chi connectivity index (χ3n) is 8.97. The van der Waals surface area contributed by atoms with Crippen molar-refractivity contribution in [1.29, 1.82) is 0 Å². The fourth-order valence-electron chi connectivity index (χ4n) is 7.06. The van der Waals surface area contributed by atoms with Crippen LogP contribution in [0.3, 0.4) is 0 Å². The summed E-state index contributed by atoms with van der Waals surface area (Å²) >= 11 is 1.48. The van der Waals surface area contributed by atoms with Crippen LogP contribution in [0.15, 0.2) is 11.2 Å². The first-order valence-electron chi connectivity index (χ1n) is 13.3. The Morgan fingerprint density at radius 1 is 1.11 bits per heavy atom. The molecular weight excluding hydrogens is 478 g/mol. The minimum absolute atomic E-state index is 0.0316. The van der Waals surface area contributed by atoms with E-state index in [1.807, 2.05) is 10.9 Å². The lowest BCUT2D eigenvalue weighted by atomic mass is 9.57. The van der Waals surface area contributed by atoms with Crippen LogP contribution >= 0.6 is 11.8 Å². The van der Waals surface area contributed by atoms with Crippen LogP contribution in [0.25, 0.3) is 11.0 Å². The van der Waals surface area contributed by atoms with Crippen LogP contribution in [0.5, 0.6) is 0 Å². The van der Waals surface area contributed by atoms with Gasteiger partial charge in [-0.05, 0) is 58.4 Å². The fraction of sp³-hybridized carbons (Fsp3) is 0.731. The number of carbonyl (C=O) groups excluding carboxylic acids is 2. The Hall–Kier alpha value is -1.88. The van der Waals surface area contributed by atoms with E-state index in [2.05, 4.69) is 22.0 Å². The van der Waals surface area contributed by atoms with E-state index in [1.165, 1.54) is 18.2 Å². The van der Waals surface area contributed by atoms with Gasteiger partial charge in [-0.15, -0.1) is 11.8 Å². The number of thioether (sulfide) groups is 1. The molecule has 2 aromatic heterocycles. The van der Waals surface area contributed by atoms with Gasteiger partial charge in [-0.1, -0.05) is 12.8 Å². The van der Waals surface area contributed by atoms with Crippen molar-refractivity contribution in [3.63, 3.8) is 0 Å². The molecule has 2 saturated carbocycles. The summed E-state index contributed by atoms with van der Waals surface area (Å²) in [4.78, 5) is 39.7. The number of hydrogen-bond acceptors (Lipinski definition) is 9. The fourth-order valence-corrected chi connectivity index (χ4v) is 7.60. The number of nitrogens with zero attached hydrogens (tertiary/aromatic N) is 5. The minimum atomic E-state index is -0.873. The maximum atomic E-state index is 14.1. The Balaban J connectivity index is 1.34. The normalized spacial score (nSPS) is 30.7. The molecule has 9 nitrogen and oxygen atoms in total. The molecule has 4 fully saturated rings. The van der Waals surface area contributed by atoms with Gasteiger partial charge < -0.3 is 14.4 Å². The zero-order valence-electron chi connectivity index (χ0n) is 21.2. The van der Waals surface area contributed by atoms with Gasteiger partial charge in [0.25, 0.3) is 0 Å². The van der Waals surface area contributed by atoms with Gasteiger partial charge in [0.2, 0.25) is 5.78 Å². The quantitative estimate of drug-likeness (QED) is 0.257. The second kappa shape index (κ2) is 9.45. The maximum absolute atomic E-state index is 14.1. The number of ketones is 2. The van der Waals surface area contributed by atoms with E-state index < -0.39 is 17.1 Å². The summed E-state index contributed by atoms with van der Waals surface area (Å²) in [6.45, 7) is 2.82. The molecule has 0 aromatic carbocycles. The molecule has 194 valence electrons. The first-order valence-corrected chi connectivity index (χ1v) is 14.5. The summed E-state index contributed by atoms with van der Waals surface area (Å²) in [5, 5.41) is 6.19. The van der Waals surface area contributed by atoms with Crippen LogP contribution in [0, 0.1) is 11.3 Å². The third kappa shape index (κ3) is 3.75. The van der Waals surface area contributed by atoms with E-state index in [9.17, 15) is 9.59 Å². The largest absolute Gasteiger partial charge is 0.346 e. The first-order chi connectivity index (χ1) is 17.5. The number of aromatic nitrogens is 4. The first kappa shape index (κ1) is 24.5. The smallest absolute Gasteiger partial charge is 0.210 e. The van der Waals surface area contributed by atoms with Crippen LogP contribution in [0.4, 0.5) is 0 Å². The second-order valence-corrected chi connectivity index (χ2v) is 11.6. The number of likely N-dealkylation sites (N-methyl/N-ethyl adjacent to an activating group) is 1. The zero-order valence-corrected chi connectivity index (χ0v) is 22.0. The van der Waals surface area contributed by atoms with Crippen LogP contribution in [0.1, 0.15) is 68.4 Å². The summed E-state index contributed by atoms with van der Waals surface area (Å²) in [6, 6.07) is 0.397. The number of rotatable bonds is 5. The topological polar surface area (TPSA) is 99.4 Å². The molecule has 4 heterocycles. The predicted molar refractivity (Wildman–Crippen MR) is 135 cm³/mol. The zero-order chi connectivity index (χ0) is 24.9. The Morgan fingerprint density at radius 2 is 1.89 bits per heavy atom. The lowest BCUT2D eigenvalue weighted by Gasteiger charge is -2.51. The van der Waals surface area contributed by atoms with E-state index in [0.29, 0.717) is 50.6 Å². The molecule has 10 heteroatoms. The highest BCUT2D eigenvalue weighted by Gasteiger charge is 2.63. The van der Waals surface area contributed by atoms with Gasteiger partial charge >= 0.3 is 0 Å². The highest BCUT2D eigenvalue weighted by atomic mass is 32.2. The van der Waals surface area contributed by atoms with Crippen molar-refractivity contribution in [3.05, 3.63) is 12.0 Å². The van der Waals surface area contributed by atoms with Crippen LogP contribution < -0.4 is 0 Å². The van der Waals surface area contributed by atoms with E-state index in [0.717, 1.165) is 49.2 Å². The van der Waals surface area contributed by atoms with Crippen LogP contribution in [-0.4, -0.2) is 81.1 Å². The molecule has 2 spiro atoms. The van der Waals surface area contributed by atoms with Crippen molar-refractivity contribution in [2.45, 2.75) is 81.2 Å². The molecule has 1 unspecified atom stereocenters. The van der Waals surface area contributed by atoms with E-state index in [4.69, 9.17) is 14.5 Å². The molecule has 2 saturated heterocycles. The van der Waals surface area contributed by atoms with Gasteiger partial charge in [0.1, 0.15) is 5.03 Å². The van der Waals surface area contributed by atoms with Gasteiger partial charge in [-0.25, -0.2) is 14.6 Å². The second-order valence-electron chi connectivity index (χ2n) is 10.8. The van der Waals surface area contributed by atoms with E-state index >= 15 is 0 Å². The summed E-state index contributed by atoms with van der Waals surface area (Å²) in [5.41, 5.74) is -0.0747. The van der Waals surface area contributed by atoms with Gasteiger partial charge in [0, 0.05) is 12.5 Å². The molecule has 0 amide bonds. The van der Waals surface area contributed by atoms with Crippen LogP contribution in [-0.2, 0) is 20.8 Å². The number of ether oxygens (including phenoxy) is 2. The van der Waals surface area contributed by atoms with E-state index in [1.54, 1.807) is 6.20 Å². The van der Waals surface area contributed by atoms with Crippen molar-refractivity contribution in [3.8, 4) is 0 Å². The van der Waals surface area contributed by atoms with Crippen molar-refractivity contribution in [1.82, 2.24) is 24.6 Å². The maximum Gasteiger partial charge on any atom is 0.210 e. The lowest BCUT2D eigenvalue weighted by Crippen LogP contribution is -2.60. The van der Waals surface area contributed by atoms with Gasteiger partial charge in [-0.3, -0.25) is 9.59 Å². The monoisotopic (exact) mass is 513 g/mol. The van der Waals surface area contributed by atoms with Crippen molar-refractivity contribution in [2.24, 2.45) is 11.3 Å². The average Bonchev–Trinajstić information content (AvgIpc) is 3.63. The Morgan fingerprint density at radius 3 is 2.64 bits per heavy atom. The van der Waals surface area contributed by atoms with Crippen LogP contribution in [0.2, 0.25) is 0 Å². The molecular formula is C26H35N5O4S. The average molecular weight is 514 g/mol. The van der Waals surface area contributed by atoms with Gasteiger partial charge in [-0.2, -0.15) is 5.10 Å². The molecule has 0 bridgehead atoms. The van der Waals surface area contributed by atoms with E-state index in [-0.39, 0.29) is 17.4 Å². The van der Waals surface area contributed by atoms with Gasteiger partial charge in [0.05, 0.1) is 42.7 Å². The van der Waals surface area contributed by atoms with Crippen molar-refractivity contribution in [2.75, 3.05) is 33.1 Å². The molecule has 36 heavy (non-hydrogen) atoms. The highest BCUT2D eigenvalue weighted by Crippen LogP contribution is 2.56. The summed E-state index contributed by atoms with van der Waals surface area (Å²) in [5.74, 6) is -1.81. The Bertz CT molecular complexity index is 1170. The molecule has 4 aliphatic rings.